The number of nitrogens with zero attached hydrogens (tertiary/aromatic N) is 5. The number of amides is 1. The standard InChI is InChI=1S/C20H23N5O/c1-15-11-16(2)25(22-15)18-9-6-10-23(13-18)20(26)19-12-21-14-24(19)17-7-4-3-5-8-17/h3-5,7-8,11-12,14,18H,6,9-10,13H2,1-2H3/t18-/m1/s1. The molecule has 3 aromatic rings. The lowest BCUT2D eigenvalue weighted by atomic mass is 10.1. The number of aryl methyl sites for hydroxylation is 2. The molecular weight excluding hydrogens is 326 g/mol. The van der Waals surface area contributed by atoms with Gasteiger partial charge in [-0.25, -0.2) is 4.98 Å². The van der Waals surface area contributed by atoms with Crippen LogP contribution in [-0.2, 0) is 0 Å². The summed E-state index contributed by atoms with van der Waals surface area (Å²) in [7, 11) is 0. The highest BCUT2D eigenvalue weighted by molar-refractivity contribution is 5.93. The first kappa shape index (κ1) is 16.6. The molecule has 3 heterocycles. The molecular formula is C20H23N5O. The van der Waals surface area contributed by atoms with Gasteiger partial charge in [0.15, 0.2) is 0 Å². The highest BCUT2D eigenvalue weighted by Crippen LogP contribution is 2.24. The van der Waals surface area contributed by atoms with Crippen LogP contribution in [0.3, 0.4) is 0 Å². The molecule has 1 saturated heterocycles. The van der Waals surface area contributed by atoms with Gasteiger partial charge in [-0.1, -0.05) is 18.2 Å². The number of rotatable bonds is 3. The number of piperidine rings is 1. The predicted octanol–water partition coefficient (Wildman–Crippen LogP) is 3.16. The van der Waals surface area contributed by atoms with Crippen molar-refractivity contribution in [3.63, 3.8) is 0 Å². The molecule has 0 spiro atoms. The molecule has 0 radical (unpaired) electrons. The molecule has 1 aromatic carbocycles. The molecule has 1 amide bonds. The molecule has 2 aromatic heterocycles. The van der Waals surface area contributed by atoms with Crippen molar-refractivity contribution in [2.24, 2.45) is 0 Å². The number of likely N-dealkylation sites (tertiary alicyclic amines) is 1. The third kappa shape index (κ3) is 3.03. The van der Waals surface area contributed by atoms with E-state index >= 15 is 0 Å². The van der Waals surface area contributed by atoms with Crippen molar-refractivity contribution < 1.29 is 4.79 Å². The van der Waals surface area contributed by atoms with E-state index in [1.807, 2.05) is 46.7 Å². The van der Waals surface area contributed by atoms with Gasteiger partial charge >= 0.3 is 0 Å². The van der Waals surface area contributed by atoms with Crippen molar-refractivity contribution >= 4 is 5.91 Å². The number of aromatic nitrogens is 4. The summed E-state index contributed by atoms with van der Waals surface area (Å²) in [5, 5.41) is 4.62. The first-order valence-corrected chi connectivity index (χ1v) is 9.03. The average molecular weight is 349 g/mol. The van der Waals surface area contributed by atoms with E-state index in [-0.39, 0.29) is 11.9 Å². The molecule has 6 heteroatoms. The first-order chi connectivity index (χ1) is 12.6. The van der Waals surface area contributed by atoms with Gasteiger partial charge in [-0.2, -0.15) is 5.10 Å². The number of hydrogen-bond acceptors (Lipinski definition) is 3. The summed E-state index contributed by atoms with van der Waals surface area (Å²) in [6.07, 6.45) is 5.38. The molecule has 0 saturated carbocycles. The zero-order valence-electron chi connectivity index (χ0n) is 15.2. The summed E-state index contributed by atoms with van der Waals surface area (Å²) in [5.41, 5.74) is 3.72. The van der Waals surface area contributed by atoms with Crippen LogP contribution in [0.25, 0.3) is 5.69 Å². The van der Waals surface area contributed by atoms with E-state index in [4.69, 9.17) is 0 Å². The zero-order valence-corrected chi connectivity index (χ0v) is 15.2. The zero-order chi connectivity index (χ0) is 18.1. The Morgan fingerprint density at radius 3 is 2.73 bits per heavy atom. The topological polar surface area (TPSA) is 56.0 Å². The van der Waals surface area contributed by atoms with E-state index in [9.17, 15) is 4.79 Å². The van der Waals surface area contributed by atoms with Gasteiger partial charge in [-0.15, -0.1) is 0 Å². The highest BCUT2D eigenvalue weighted by atomic mass is 16.2. The van der Waals surface area contributed by atoms with Crippen molar-refractivity contribution in [2.45, 2.75) is 32.7 Å². The lowest BCUT2D eigenvalue weighted by Gasteiger charge is -2.33. The number of hydrogen-bond donors (Lipinski definition) is 0. The van der Waals surface area contributed by atoms with E-state index < -0.39 is 0 Å². The van der Waals surface area contributed by atoms with E-state index in [1.54, 1.807) is 12.5 Å². The maximum Gasteiger partial charge on any atom is 0.272 e. The van der Waals surface area contributed by atoms with Crippen LogP contribution in [0.4, 0.5) is 0 Å². The van der Waals surface area contributed by atoms with Crippen molar-refractivity contribution in [3.05, 3.63) is 66.0 Å². The minimum atomic E-state index is 0.0255. The molecule has 1 aliphatic rings. The Kier molecular flexibility index (Phi) is 4.32. The van der Waals surface area contributed by atoms with Gasteiger partial charge in [0, 0.05) is 24.5 Å². The third-order valence-electron chi connectivity index (χ3n) is 4.97. The molecule has 1 aliphatic heterocycles. The molecule has 26 heavy (non-hydrogen) atoms. The normalized spacial score (nSPS) is 17.5. The van der Waals surface area contributed by atoms with Crippen LogP contribution in [-0.4, -0.2) is 43.2 Å². The number of carbonyl (C=O) groups excluding carboxylic acids is 1. The van der Waals surface area contributed by atoms with Crippen LogP contribution in [0.5, 0.6) is 0 Å². The van der Waals surface area contributed by atoms with Gasteiger partial charge in [0.25, 0.3) is 5.91 Å². The molecule has 1 atom stereocenters. The fourth-order valence-electron chi connectivity index (χ4n) is 3.76. The number of benzene rings is 1. The molecule has 134 valence electrons. The van der Waals surface area contributed by atoms with Crippen molar-refractivity contribution in [2.75, 3.05) is 13.1 Å². The van der Waals surface area contributed by atoms with Crippen molar-refractivity contribution in [1.29, 1.82) is 0 Å². The molecule has 1 fully saturated rings. The summed E-state index contributed by atoms with van der Waals surface area (Å²) in [6, 6.07) is 12.2. The summed E-state index contributed by atoms with van der Waals surface area (Å²) >= 11 is 0. The molecule has 0 N–H and O–H groups in total. The fourth-order valence-corrected chi connectivity index (χ4v) is 3.76. The second-order valence-corrected chi connectivity index (χ2v) is 6.90. The highest BCUT2D eigenvalue weighted by Gasteiger charge is 2.28. The Morgan fingerprint density at radius 2 is 2.00 bits per heavy atom. The summed E-state index contributed by atoms with van der Waals surface area (Å²) < 4.78 is 3.93. The van der Waals surface area contributed by atoms with Gasteiger partial charge in [0.2, 0.25) is 0 Å². The van der Waals surface area contributed by atoms with Crippen LogP contribution in [0, 0.1) is 13.8 Å². The van der Waals surface area contributed by atoms with E-state index in [1.165, 1.54) is 0 Å². The smallest absolute Gasteiger partial charge is 0.272 e. The molecule has 6 nitrogen and oxygen atoms in total. The maximum absolute atomic E-state index is 13.2. The largest absolute Gasteiger partial charge is 0.335 e. The molecule has 0 aliphatic carbocycles. The minimum absolute atomic E-state index is 0.0255. The van der Waals surface area contributed by atoms with Crippen LogP contribution >= 0.6 is 0 Å². The number of para-hydroxylation sites is 1. The van der Waals surface area contributed by atoms with Gasteiger partial charge in [-0.05, 0) is 44.9 Å². The van der Waals surface area contributed by atoms with Crippen LogP contribution in [0.15, 0.2) is 48.9 Å². The fraction of sp³-hybridized carbons (Fsp3) is 0.350. The second kappa shape index (κ2) is 6.78. The number of carbonyl (C=O) groups is 1. The monoisotopic (exact) mass is 349 g/mol. The quantitative estimate of drug-likeness (QED) is 0.730. The lowest BCUT2D eigenvalue weighted by Crippen LogP contribution is -2.41. The van der Waals surface area contributed by atoms with Gasteiger partial charge in [0.1, 0.15) is 5.69 Å². The van der Waals surface area contributed by atoms with Crippen LogP contribution in [0.2, 0.25) is 0 Å². The SMILES string of the molecule is Cc1cc(C)n([C@@H]2CCCN(C(=O)c3cncn3-c3ccccc3)C2)n1. The average Bonchev–Trinajstić information content (AvgIpc) is 3.28. The third-order valence-corrected chi connectivity index (χ3v) is 4.97. The lowest BCUT2D eigenvalue weighted by molar-refractivity contribution is 0.0663. The van der Waals surface area contributed by atoms with Crippen molar-refractivity contribution in [1.82, 2.24) is 24.2 Å². The van der Waals surface area contributed by atoms with Gasteiger partial charge in [0.05, 0.1) is 24.3 Å². The van der Waals surface area contributed by atoms with Crippen molar-refractivity contribution in [3.8, 4) is 5.69 Å². The Labute approximate surface area is 153 Å². The Morgan fingerprint density at radius 1 is 1.19 bits per heavy atom. The van der Waals surface area contributed by atoms with Gasteiger partial charge < -0.3 is 4.90 Å². The molecule has 4 rings (SSSR count). The van der Waals surface area contributed by atoms with E-state index in [0.29, 0.717) is 12.2 Å². The number of imidazole rings is 1. The van der Waals surface area contributed by atoms with E-state index in [2.05, 4.69) is 27.8 Å². The molecule has 0 bridgehead atoms. The summed E-state index contributed by atoms with van der Waals surface area (Å²) in [4.78, 5) is 19.3. The second-order valence-electron chi connectivity index (χ2n) is 6.90. The van der Waals surface area contributed by atoms with Crippen LogP contribution in [0.1, 0.15) is 40.8 Å². The van der Waals surface area contributed by atoms with Gasteiger partial charge in [-0.3, -0.25) is 14.0 Å². The Hall–Kier alpha value is -2.89. The summed E-state index contributed by atoms with van der Waals surface area (Å²) in [6.45, 7) is 5.54. The maximum atomic E-state index is 13.2. The predicted molar refractivity (Wildman–Crippen MR) is 99.4 cm³/mol. The Bertz CT molecular complexity index is 911. The molecule has 0 unspecified atom stereocenters. The Balaban J connectivity index is 1.58. The summed E-state index contributed by atoms with van der Waals surface area (Å²) in [5.74, 6) is 0.0255. The van der Waals surface area contributed by atoms with E-state index in [0.717, 1.165) is 36.5 Å². The van der Waals surface area contributed by atoms with Crippen LogP contribution < -0.4 is 0 Å². The first-order valence-electron chi connectivity index (χ1n) is 9.03. The minimum Gasteiger partial charge on any atom is -0.335 e.